The molecule has 0 aromatic carbocycles. The van der Waals surface area contributed by atoms with Gasteiger partial charge in [0.05, 0.1) is 0 Å². The quantitative estimate of drug-likeness (QED) is 0.334. The number of hydrogen-bond donors (Lipinski definition) is 1. The third-order valence-corrected chi connectivity index (χ3v) is 1.30. The Kier molecular flexibility index (Phi) is 3.84. The molecule has 0 amide bonds. The highest BCUT2D eigenvalue weighted by molar-refractivity contribution is 5.78. The van der Waals surface area contributed by atoms with Gasteiger partial charge < -0.3 is 10.3 Å². The molecule has 0 spiro atoms. The molecule has 0 saturated heterocycles. The highest BCUT2D eigenvalue weighted by atomic mass is 15.3. The average molecular weight is 129 g/mol. The zero-order valence-corrected chi connectivity index (χ0v) is 6.60. The SMILES string of the molecule is CCN(C)/C(C)=N/NC. The molecule has 0 rings (SSSR count). The Bertz CT molecular complexity index is 98.5. The molecule has 0 fully saturated rings. The molecule has 54 valence electrons. The van der Waals surface area contributed by atoms with Gasteiger partial charge in [-0.15, -0.1) is 0 Å². The molecule has 0 unspecified atom stereocenters. The van der Waals surface area contributed by atoms with Gasteiger partial charge in [0.15, 0.2) is 0 Å². The fraction of sp³-hybridized carbons (Fsp3) is 0.833. The first-order chi connectivity index (χ1) is 4.22. The summed E-state index contributed by atoms with van der Waals surface area (Å²) in [4.78, 5) is 2.07. The summed E-state index contributed by atoms with van der Waals surface area (Å²) in [6.07, 6.45) is 0. The Labute approximate surface area is 56.7 Å². The molecule has 0 saturated carbocycles. The standard InChI is InChI=1S/C6H15N3/c1-5-9(4)6(2)8-7-3/h7H,5H2,1-4H3/b8-6+. The van der Waals surface area contributed by atoms with Crippen molar-refractivity contribution in [2.45, 2.75) is 13.8 Å². The van der Waals surface area contributed by atoms with E-state index >= 15 is 0 Å². The van der Waals surface area contributed by atoms with Crippen LogP contribution in [0.2, 0.25) is 0 Å². The van der Waals surface area contributed by atoms with Crippen molar-refractivity contribution in [1.29, 1.82) is 0 Å². The Morgan fingerprint density at radius 2 is 2.22 bits per heavy atom. The van der Waals surface area contributed by atoms with Crippen LogP contribution in [0, 0.1) is 0 Å². The lowest BCUT2D eigenvalue weighted by Gasteiger charge is -2.14. The van der Waals surface area contributed by atoms with Gasteiger partial charge in [0.25, 0.3) is 0 Å². The van der Waals surface area contributed by atoms with E-state index in [4.69, 9.17) is 0 Å². The zero-order valence-electron chi connectivity index (χ0n) is 6.60. The van der Waals surface area contributed by atoms with E-state index in [1.165, 1.54) is 0 Å². The van der Waals surface area contributed by atoms with Gasteiger partial charge in [0.1, 0.15) is 5.84 Å². The van der Waals surface area contributed by atoms with Gasteiger partial charge >= 0.3 is 0 Å². The molecule has 0 radical (unpaired) electrons. The van der Waals surface area contributed by atoms with Crippen LogP contribution in [0.25, 0.3) is 0 Å². The van der Waals surface area contributed by atoms with Crippen molar-refractivity contribution in [2.75, 3.05) is 20.6 Å². The summed E-state index contributed by atoms with van der Waals surface area (Å²) < 4.78 is 0. The predicted octanol–water partition coefficient (Wildman–Crippen LogP) is 0.491. The summed E-state index contributed by atoms with van der Waals surface area (Å²) in [5.74, 6) is 1.01. The van der Waals surface area contributed by atoms with Crippen LogP contribution >= 0.6 is 0 Å². The highest BCUT2D eigenvalue weighted by Crippen LogP contribution is 1.82. The van der Waals surface area contributed by atoms with Gasteiger partial charge in [-0.3, -0.25) is 0 Å². The van der Waals surface area contributed by atoms with E-state index in [9.17, 15) is 0 Å². The van der Waals surface area contributed by atoms with E-state index in [0.717, 1.165) is 12.4 Å². The van der Waals surface area contributed by atoms with Crippen LogP contribution in [0.1, 0.15) is 13.8 Å². The molecule has 0 aliphatic carbocycles. The van der Waals surface area contributed by atoms with Crippen molar-refractivity contribution < 1.29 is 0 Å². The zero-order chi connectivity index (χ0) is 7.28. The lowest BCUT2D eigenvalue weighted by Crippen LogP contribution is -2.25. The second kappa shape index (κ2) is 4.18. The topological polar surface area (TPSA) is 27.6 Å². The van der Waals surface area contributed by atoms with E-state index in [1.807, 2.05) is 14.0 Å². The number of hydrogen-bond acceptors (Lipinski definition) is 2. The molecule has 0 bridgehead atoms. The lowest BCUT2D eigenvalue weighted by atomic mass is 10.5. The molecule has 0 aliphatic heterocycles. The van der Waals surface area contributed by atoms with Gasteiger partial charge in [-0.2, -0.15) is 5.10 Å². The number of nitrogens with one attached hydrogen (secondary N) is 1. The fourth-order valence-corrected chi connectivity index (χ4v) is 0.476. The predicted molar refractivity (Wildman–Crippen MR) is 40.5 cm³/mol. The summed E-state index contributed by atoms with van der Waals surface area (Å²) in [6, 6.07) is 0. The van der Waals surface area contributed by atoms with Gasteiger partial charge in [0, 0.05) is 20.6 Å². The number of amidine groups is 1. The van der Waals surface area contributed by atoms with Crippen molar-refractivity contribution in [2.24, 2.45) is 5.10 Å². The number of hydrazone groups is 1. The monoisotopic (exact) mass is 129 g/mol. The molecule has 9 heavy (non-hydrogen) atoms. The van der Waals surface area contributed by atoms with Crippen LogP contribution in [-0.2, 0) is 0 Å². The molecule has 0 atom stereocenters. The summed E-state index contributed by atoms with van der Waals surface area (Å²) in [7, 11) is 3.81. The molecule has 0 aromatic rings. The average Bonchev–Trinajstić information content (AvgIpc) is 1.87. The van der Waals surface area contributed by atoms with E-state index in [-0.39, 0.29) is 0 Å². The van der Waals surface area contributed by atoms with Crippen LogP contribution in [0.3, 0.4) is 0 Å². The third-order valence-electron chi connectivity index (χ3n) is 1.30. The van der Waals surface area contributed by atoms with Crippen LogP contribution in [0.5, 0.6) is 0 Å². The van der Waals surface area contributed by atoms with E-state index in [2.05, 4.69) is 22.4 Å². The third kappa shape index (κ3) is 2.95. The summed E-state index contributed by atoms with van der Waals surface area (Å²) in [5.41, 5.74) is 2.73. The lowest BCUT2D eigenvalue weighted by molar-refractivity contribution is 0.526. The Morgan fingerprint density at radius 3 is 2.56 bits per heavy atom. The maximum atomic E-state index is 3.99. The molecule has 1 N–H and O–H groups in total. The van der Waals surface area contributed by atoms with Gasteiger partial charge in [-0.05, 0) is 13.8 Å². The normalized spacial score (nSPS) is 11.3. The molecular weight excluding hydrogens is 114 g/mol. The molecule has 3 nitrogen and oxygen atoms in total. The van der Waals surface area contributed by atoms with Crippen LogP contribution < -0.4 is 5.43 Å². The van der Waals surface area contributed by atoms with Gasteiger partial charge in [0.2, 0.25) is 0 Å². The first kappa shape index (κ1) is 8.27. The second-order valence-corrected chi connectivity index (χ2v) is 1.90. The number of nitrogens with zero attached hydrogens (tertiary/aromatic N) is 2. The maximum Gasteiger partial charge on any atom is 0.121 e. The smallest absolute Gasteiger partial charge is 0.121 e. The Balaban J connectivity index is 3.70. The van der Waals surface area contributed by atoms with Crippen molar-refractivity contribution in [1.82, 2.24) is 10.3 Å². The molecule has 3 heteroatoms. The molecular formula is C6H15N3. The van der Waals surface area contributed by atoms with Crippen molar-refractivity contribution >= 4 is 5.84 Å². The summed E-state index contributed by atoms with van der Waals surface area (Å²) >= 11 is 0. The summed E-state index contributed by atoms with van der Waals surface area (Å²) in [6.45, 7) is 5.06. The maximum absolute atomic E-state index is 3.99. The van der Waals surface area contributed by atoms with Crippen LogP contribution in [0.4, 0.5) is 0 Å². The Morgan fingerprint density at radius 1 is 1.67 bits per heavy atom. The molecule has 0 aromatic heterocycles. The molecule has 0 heterocycles. The minimum absolute atomic E-state index is 0.997. The first-order valence-electron chi connectivity index (χ1n) is 3.14. The first-order valence-corrected chi connectivity index (χ1v) is 3.14. The van der Waals surface area contributed by atoms with E-state index < -0.39 is 0 Å². The minimum Gasteiger partial charge on any atom is -0.362 e. The fourth-order valence-electron chi connectivity index (χ4n) is 0.476. The molecule has 0 aliphatic rings. The van der Waals surface area contributed by atoms with Crippen molar-refractivity contribution in [3.63, 3.8) is 0 Å². The van der Waals surface area contributed by atoms with Gasteiger partial charge in [-0.25, -0.2) is 0 Å². The van der Waals surface area contributed by atoms with Crippen molar-refractivity contribution in [3.05, 3.63) is 0 Å². The van der Waals surface area contributed by atoms with Gasteiger partial charge in [-0.1, -0.05) is 0 Å². The number of rotatable bonds is 2. The highest BCUT2D eigenvalue weighted by Gasteiger charge is 1.93. The van der Waals surface area contributed by atoms with E-state index in [1.54, 1.807) is 7.05 Å². The largest absolute Gasteiger partial charge is 0.362 e. The Hall–Kier alpha value is -0.730. The van der Waals surface area contributed by atoms with Crippen LogP contribution in [0.15, 0.2) is 5.10 Å². The van der Waals surface area contributed by atoms with Crippen LogP contribution in [-0.4, -0.2) is 31.4 Å². The minimum atomic E-state index is 0.997. The second-order valence-electron chi connectivity index (χ2n) is 1.90. The van der Waals surface area contributed by atoms with E-state index in [0.29, 0.717) is 0 Å². The van der Waals surface area contributed by atoms with Crippen molar-refractivity contribution in [3.8, 4) is 0 Å². The summed E-state index contributed by atoms with van der Waals surface area (Å²) in [5, 5.41) is 3.99.